The third kappa shape index (κ3) is 4.87. The number of allylic oxidation sites excluding steroid dienone is 2. The Morgan fingerprint density at radius 2 is 1.50 bits per heavy atom. The molecular formula is C31H37P. The van der Waals surface area contributed by atoms with Crippen molar-refractivity contribution in [2.75, 3.05) is 6.16 Å². The molecule has 2 unspecified atom stereocenters. The monoisotopic (exact) mass is 440 g/mol. The van der Waals surface area contributed by atoms with E-state index in [1.54, 1.807) is 10.9 Å². The summed E-state index contributed by atoms with van der Waals surface area (Å²) in [5.41, 5.74) is 12.1. The first kappa shape index (κ1) is 22.9. The van der Waals surface area contributed by atoms with Gasteiger partial charge in [-0.05, 0) is 85.4 Å². The fraction of sp³-hybridized carbons (Fsp3) is 0.323. The van der Waals surface area contributed by atoms with E-state index in [9.17, 15) is 0 Å². The molecule has 3 aromatic rings. The third-order valence-corrected chi connectivity index (χ3v) is 10.3. The summed E-state index contributed by atoms with van der Waals surface area (Å²) in [6.07, 6.45) is 7.67. The molecule has 0 spiro atoms. The van der Waals surface area contributed by atoms with Crippen LogP contribution in [-0.2, 0) is 0 Å². The number of aryl methyl sites for hydroxylation is 4. The Morgan fingerprint density at radius 3 is 2.16 bits per heavy atom. The SMILES string of the molecule is CCCC[PH]1=C(c2ccc(C)cc2C)C=C(c2ccccc2)CC1c1ccc(C)cc1C. The maximum absolute atomic E-state index is 2.58. The van der Waals surface area contributed by atoms with Crippen molar-refractivity contribution in [2.45, 2.75) is 59.5 Å². The normalized spacial score (nSPS) is 18.5. The summed E-state index contributed by atoms with van der Waals surface area (Å²) in [5, 5.41) is 1.64. The molecule has 0 nitrogen and oxygen atoms in total. The molecule has 0 saturated carbocycles. The summed E-state index contributed by atoms with van der Waals surface area (Å²) < 4.78 is 0. The fourth-order valence-corrected chi connectivity index (χ4v) is 9.15. The lowest BCUT2D eigenvalue weighted by Gasteiger charge is -2.32. The van der Waals surface area contributed by atoms with Crippen molar-refractivity contribution in [3.63, 3.8) is 0 Å². The van der Waals surface area contributed by atoms with Crippen molar-refractivity contribution in [3.05, 3.63) is 112 Å². The number of unbranched alkanes of at least 4 members (excludes halogenated alkanes) is 1. The molecule has 0 saturated heterocycles. The highest BCUT2D eigenvalue weighted by atomic mass is 31.1. The Labute approximate surface area is 195 Å². The van der Waals surface area contributed by atoms with Crippen LogP contribution in [0.3, 0.4) is 0 Å². The smallest absolute Gasteiger partial charge is 0.00640 e. The minimum atomic E-state index is -0.761. The molecule has 32 heavy (non-hydrogen) atoms. The molecule has 1 heterocycles. The lowest BCUT2D eigenvalue weighted by Crippen LogP contribution is -2.13. The van der Waals surface area contributed by atoms with Crippen molar-refractivity contribution < 1.29 is 0 Å². The van der Waals surface area contributed by atoms with Crippen LogP contribution in [0.1, 0.15) is 70.8 Å². The van der Waals surface area contributed by atoms with Crippen LogP contribution in [0.4, 0.5) is 0 Å². The lowest BCUT2D eigenvalue weighted by molar-refractivity contribution is 0.877. The quantitative estimate of drug-likeness (QED) is 0.336. The van der Waals surface area contributed by atoms with Crippen molar-refractivity contribution >= 4 is 18.4 Å². The average molecular weight is 441 g/mol. The Kier molecular flexibility index (Phi) is 7.22. The molecule has 1 aliphatic rings. The van der Waals surface area contributed by atoms with Crippen LogP contribution in [0.5, 0.6) is 0 Å². The topological polar surface area (TPSA) is 0 Å². The van der Waals surface area contributed by atoms with Crippen LogP contribution >= 0.6 is 7.55 Å². The Balaban J connectivity index is 1.96. The summed E-state index contributed by atoms with van der Waals surface area (Å²) in [6.45, 7) is 11.4. The molecule has 1 aliphatic heterocycles. The molecule has 3 aromatic carbocycles. The maximum atomic E-state index is 2.58. The Hall–Kier alpha value is -2.30. The van der Waals surface area contributed by atoms with Crippen LogP contribution in [0.2, 0.25) is 0 Å². The van der Waals surface area contributed by atoms with Crippen molar-refractivity contribution in [1.82, 2.24) is 0 Å². The molecular weight excluding hydrogens is 403 g/mol. The first-order valence-electron chi connectivity index (χ1n) is 12.1. The highest BCUT2D eigenvalue weighted by molar-refractivity contribution is 7.60. The molecule has 4 rings (SSSR count). The largest absolute Gasteiger partial charge is 0.102 e. The van der Waals surface area contributed by atoms with E-state index in [0.717, 1.165) is 6.42 Å². The van der Waals surface area contributed by atoms with Crippen LogP contribution in [0.25, 0.3) is 5.57 Å². The molecule has 166 valence electrons. The van der Waals surface area contributed by atoms with E-state index in [1.165, 1.54) is 58.0 Å². The molecule has 2 atom stereocenters. The van der Waals surface area contributed by atoms with Crippen LogP contribution in [-0.4, -0.2) is 11.5 Å². The molecule has 0 radical (unpaired) electrons. The first-order chi connectivity index (χ1) is 15.5. The maximum Gasteiger partial charge on any atom is 0.00640 e. The van der Waals surface area contributed by atoms with Gasteiger partial charge in [0.2, 0.25) is 0 Å². The van der Waals surface area contributed by atoms with Gasteiger partial charge in [0, 0.05) is 5.66 Å². The first-order valence-corrected chi connectivity index (χ1v) is 13.9. The van der Waals surface area contributed by atoms with E-state index in [2.05, 4.69) is 107 Å². The number of benzene rings is 3. The van der Waals surface area contributed by atoms with E-state index < -0.39 is 7.55 Å². The Bertz CT molecular complexity index is 1160. The molecule has 0 amide bonds. The predicted molar refractivity (Wildman–Crippen MR) is 146 cm³/mol. The van der Waals surface area contributed by atoms with Gasteiger partial charge >= 0.3 is 0 Å². The van der Waals surface area contributed by atoms with Gasteiger partial charge in [-0.2, -0.15) is 0 Å². The van der Waals surface area contributed by atoms with Crippen LogP contribution in [0.15, 0.2) is 72.8 Å². The molecule has 0 N–H and O–H groups in total. The molecule has 0 aliphatic carbocycles. The van der Waals surface area contributed by atoms with Gasteiger partial charge in [0.15, 0.2) is 0 Å². The van der Waals surface area contributed by atoms with Gasteiger partial charge in [-0.25, -0.2) is 0 Å². The standard InChI is InChI=1S/C31H37P/c1-6-7-17-32-30(28-15-13-22(2)18-24(28)4)20-27(26-11-9-8-10-12-26)21-31(32)29-16-14-23(3)19-25(29)5/h8-16,18-20,31-32H,6-7,17,21H2,1-5H3. The minimum absolute atomic E-state index is 0.614. The van der Waals surface area contributed by atoms with E-state index in [0.29, 0.717) is 5.66 Å². The number of hydrogen-bond donors (Lipinski definition) is 0. The predicted octanol–water partition coefficient (Wildman–Crippen LogP) is 8.68. The fourth-order valence-electron chi connectivity index (χ4n) is 5.27. The van der Waals surface area contributed by atoms with Gasteiger partial charge in [0.05, 0.1) is 0 Å². The van der Waals surface area contributed by atoms with Gasteiger partial charge in [-0.15, -0.1) is 7.55 Å². The minimum Gasteiger partial charge on any atom is -0.102 e. The molecule has 0 fully saturated rings. The summed E-state index contributed by atoms with van der Waals surface area (Å²) in [6, 6.07) is 25.2. The second-order valence-corrected chi connectivity index (χ2v) is 12.3. The summed E-state index contributed by atoms with van der Waals surface area (Å²) in [7, 11) is -0.761. The third-order valence-electron chi connectivity index (χ3n) is 6.93. The van der Waals surface area contributed by atoms with E-state index in [4.69, 9.17) is 0 Å². The van der Waals surface area contributed by atoms with Gasteiger partial charge < -0.3 is 0 Å². The highest BCUT2D eigenvalue weighted by Gasteiger charge is 2.27. The van der Waals surface area contributed by atoms with E-state index >= 15 is 0 Å². The zero-order valence-electron chi connectivity index (χ0n) is 20.3. The van der Waals surface area contributed by atoms with E-state index in [1.807, 2.05) is 0 Å². The average Bonchev–Trinajstić information content (AvgIpc) is 2.78. The second-order valence-electron chi connectivity index (χ2n) is 9.51. The zero-order valence-corrected chi connectivity index (χ0v) is 21.3. The summed E-state index contributed by atoms with van der Waals surface area (Å²) in [5.74, 6) is 0. The molecule has 1 heteroatoms. The molecule has 0 bridgehead atoms. The van der Waals surface area contributed by atoms with E-state index in [-0.39, 0.29) is 0 Å². The van der Waals surface area contributed by atoms with Crippen LogP contribution < -0.4 is 0 Å². The van der Waals surface area contributed by atoms with Gasteiger partial charge in [0.25, 0.3) is 0 Å². The number of rotatable bonds is 6. The lowest BCUT2D eigenvalue weighted by atomic mass is 9.92. The Morgan fingerprint density at radius 1 is 0.812 bits per heavy atom. The molecule has 0 aromatic heterocycles. The summed E-state index contributed by atoms with van der Waals surface area (Å²) >= 11 is 0. The van der Waals surface area contributed by atoms with Crippen molar-refractivity contribution in [2.24, 2.45) is 0 Å². The zero-order chi connectivity index (χ0) is 22.7. The van der Waals surface area contributed by atoms with Crippen molar-refractivity contribution in [3.8, 4) is 0 Å². The van der Waals surface area contributed by atoms with Crippen molar-refractivity contribution in [1.29, 1.82) is 0 Å². The summed E-state index contributed by atoms with van der Waals surface area (Å²) in [4.78, 5) is 0. The highest BCUT2D eigenvalue weighted by Crippen LogP contribution is 2.54. The van der Waals surface area contributed by atoms with Gasteiger partial charge in [0.1, 0.15) is 0 Å². The number of hydrogen-bond acceptors (Lipinski definition) is 0. The van der Waals surface area contributed by atoms with Gasteiger partial charge in [-0.3, -0.25) is 0 Å². The second kappa shape index (κ2) is 10.1. The van der Waals surface area contributed by atoms with Crippen LogP contribution in [0, 0.1) is 27.7 Å². The van der Waals surface area contributed by atoms with Gasteiger partial charge in [-0.1, -0.05) is 97.3 Å².